The van der Waals surface area contributed by atoms with Gasteiger partial charge in [0.25, 0.3) is 0 Å². The van der Waals surface area contributed by atoms with Gasteiger partial charge in [0.15, 0.2) is 0 Å². The number of likely N-dealkylation sites (tertiary alicyclic amines) is 1. The lowest BCUT2D eigenvalue weighted by molar-refractivity contribution is 0.291. The Kier molecular flexibility index (Phi) is 2.09. The van der Waals surface area contributed by atoms with E-state index >= 15 is 0 Å². The molecule has 1 unspecified atom stereocenters. The van der Waals surface area contributed by atoms with Crippen molar-refractivity contribution in [3.63, 3.8) is 0 Å². The van der Waals surface area contributed by atoms with Crippen molar-refractivity contribution in [2.24, 2.45) is 5.73 Å². The first-order valence-electron chi connectivity index (χ1n) is 3.71. The largest absolute Gasteiger partial charge is 0.326 e. The molecule has 1 rings (SSSR count). The highest BCUT2D eigenvalue weighted by Gasteiger charge is 2.26. The molecule has 0 aromatic carbocycles. The fraction of sp³-hybridized carbons (Fsp3) is 1.00. The van der Waals surface area contributed by atoms with Crippen molar-refractivity contribution in [1.82, 2.24) is 4.90 Å². The van der Waals surface area contributed by atoms with E-state index in [0.29, 0.717) is 12.1 Å². The molecule has 0 aromatic rings. The third-order valence-corrected chi connectivity index (χ3v) is 2.29. The zero-order valence-electron chi connectivity index (χ0n) is 6.30. The zero-order chi connectivity index (χ0) is 6.85. The SMILES string of the molecule is CC[C@@H]1C(N)CCN1C. The van der Waals surface area contributed by atoms with E-state index in [9.17, 15) is 0 Å². The van der Waals surface area contributed by atoms with E-state index in [1.165, 1.54) is 19.4 Å². The first kappa shape index (κ1) is 7.03. The van der Waals surface area contributed by atoms with Crippen LogP contribution in [0.15, 0.2) is 0 Å². The minimum Gasteiger partial charge on any atom is -0.326 e. The van der Waals surface area contributed by atoms with Gasteiger partial charge in [-0.25, -0.2) is 0 Å². The predicted octanol–water partition coefficient (Wildman–Crippen LogP) is 0.428. The van der Waals surface area contributed by atoms with Crippen LogP contribution in [0.25, 0.3) is 0 Å². The standard InChI is InChI=1S/C7H16N2/c1-3-7-6(8)4-5-9(7)2/h6-7H,3-5,8H2,1-2H3/t6?,7-/m1/s1. The molecule has 2 nitrogen and oxygen atoms in total. The van der Waals surface area contributed by atoms with Gasteiger partial charge in [0.1, 0.15) is 0 Å². The van der Waals surface area contributed by atoms with Gasteiger partial charge in [-0.2, -0.15) is 0 Å². The smallest absolute Gasteiger partial charge is 0.0242 e. The lowest BCUT2D eigenvalue weighted by Crippen LogP contribution is -2.36. The molecule has 1 aliphatic rings. The average Bonchev–Trinajstić information content (AvgIpc) is 2.12. The Balaban J connectivity index is 2.44. The molecule has 54 valence electrons. The van der Waals surface area contributed by atoms with Crippen molar-refractivity contribution in [2.75, 3.05) is 13.6 Å². The van der Waals surface area contributed by atoms with E-state index in [1.807, 2.05) is 0 Å². The zero-order valence-corrected chi connectivity index (χ0v) is 6.30. The lowest BCUT2D eigenvalue weighted by Gasteiger charge is -2.20. The Morgan fingerprint density at radius 1 is 1.67 bits per heavy atom. The molecular weight excluding hydrogens is 112 g/mol. The molecule has 0 aliphatic carbocycles. The van der Waals surface area contributed by atoms with Crippen LogP contribution < -0.4 is 5.73 Å². The summed E-state index contributed by atoms with van der Waals surface area (Å²) in [6, 6.07) is 1.07. The molecule has 9 heavy (non-hydrogen) atoms. The molecule has 2 N–H and O–H groups in total. The summed E-state index contributed by atoms with van der Waals surface area (Å²) in [6.45, 7) is 3.38. The van der Waals surface area contributed by atoms with E-state index in [-0.39, 0.29) is 0 Å². The maximum absolute atomic E-state index is 5.84. The minimum absolute atomic E-state index is 0.431. The molecule has 1 fully saturated rings. The van der Waals surface area contributed by atoms with Crippen LogP contribution in [0.4, 0.5) is 0 Å². The van der Waals surface area contributed by atoms with Gasteiger partial charge in [-0.05, 0) is 26.4 Å². The number of nitrogens with two attached hydrogens (primary N) is 1. The fourth-order valence-electron chi connectivity index (χ4n) is 1.65. The summed E-state index contributed by atoms with van der Waals surface area (Å²) in [5, 5.41) is 0. The second-order valence-corrected chi connectivity index (χ2v) is 2.91. The van der Waals surface area contributed by atoms with E-state index in [4.69, 9.17) is 5.73 Å². The molecule has 0 saturated carbocycles. The van der Waals surface area contributed by atoms with Crippen LogP contribution in [-0.2, 0) is 0 Å². The number of nitrogens with zero attached hydrogens (tertiary/aromatic N) is 1. The van der Waals surface area contributed by atoms with Crippen molar-refractivity contribution >= 4 is 0 Å². The number of rotatable bonds is 1. The second kappa shape index (κ2) is 2.67. The highest BCUT2D eigenvalue weighted by atomic mass is 15.2. The van der Waals surface area contributed by atoms with Gasteiger partial charge in [-0.1, -0.05) is 6.92 Å². The van der Waals surface area contributed by atoms with Gasteiger partial charge in [0.2, 0.25) is 0 Å². The summed E-state index contributed by atoms with van der Waals surface area (Å²) in [7, 11) is 2.15. The molecule has 1 heterocycles. The van der Waals surface area contributed by atoms with Crippen molar-refractivity contribution < 1.29 is 0 Å². The monoisotopic (exact) mass is 128 g/mol. The molecule has 1 saturated heterocycles. The molecule has 2 heteroatoms. The highest BCUT2D eigenvalue weighted by Crippen LogP contribution is 2.15. The van der Waals surface area contributed by atoms with E-state index in [0.717, 1.165) is 0 Å². The van der Waals surface area contributed by atoms with Crippen LogP contribution in [0.2, 0.25) is 0 Å². The van der Waals surface area contributed by atoms with Gasteiger partial charge >= 0.3 is 0 Å². The van der Waals surface area contributed by atoms with Crippen LogP contribution in [0, 0.1) is 0 Å². The van der Waals surface area contributed by atoms with Gasteiger partial charge in [0.05, 0.1) is 0 Å². The van der Waals surface area contributed by atoms with Crippen molar-refractivity contribution in [3.05, 3.63) is 0 Å². The maximum atomic E-state index is 5.84. The van der Waals surface area contributed by atoms with Crippen LogP contribution in [0.1, 0.15) is 19.8 Å². The molecular formula is C7H16N2. The topological polar surface area (TPSA) is 29.3 Å². The van der Waals surface area contributed by atoms with Crippen molar-refractivity contribution in [1.29, 1.82) is 0 Å². The molecule has 0 radical (unpaired) electrons. The number of hydrogen-bond acceptors (Lipinski definition) is 2. The Labute approximate surface area is 57.0 Å². The van der Waals surface area contributed by atoms with Gasteiger partial charge < -0.3 is 10.6 Å². The second-order valence-electron chi connectivity index (χ2n) is 2.91. The van der Waals surface area contributed by atoms with Crippen LogP contribution in [0.3, 0.4) is 0 Å². The first-order chi connectivity index (χ1) is 4.25. The summed E-state index contributed by atoms with van der Waals surface area (Å²) < 4.78 is 0. The van der Waals surface area contributed by atoms with Gasteiger partial charge in [-0.3, -0.25) is 0 Å². The summed E-state index contributed by atoms with van der Waals surface area (Å²) >= 11 is 0. The van der Waals surface area contributed by atoms with Crippen molar-refractivity contribution in [2.45, 2.75) is 31.8 Å². The quantitative estimate of drug-likeness (QED) is 0.555. The first-order valence-corrected chi connectivity index (χ1v) is 3.71. The fourth-order valence-corrected chi connectivity index (χ4v) is 1.65. The molecule has 0 aromatic heterocycles. The van der Waals surface area contributed by atoms with Gasteiger partial charge in [0, 0.05) is 12.1 Å². The molecule has 1 aliphatic heterocycles. The normalized spacial score (nSPS) is 37.7. The summed E-state index contributed by atoms with van der Waals surface area (Å²) in [5.74, 6) is 0. The Morgan fingerprint density at radius 2 is 2.33 bits per heavy atom. The average molecular weight is 128 g/mol. The van der Waals surface area contributed by atoms with Crippen LogP contribution in [-0.4, -0.2) is 30.6 Å². The molecule has 0 bridgehead atoms. The summed E-state index contributed by atoms with van der Waals surface area (Å²) in [4.78, 5) is 2.35. The third kappa shape index (κ3) is 1.25. The van der Waals surface area contributed by atoms with Crippen molar-refractivity contribution in [3.8, 4) is 0 Å². The van der Waals surface area contributed by atoms with E-state index < -0.39 is 0 Å². The third-order valence-electron chi connectivity index (χ3n) is 2.29. The van der Waals surface area contributed by atoms with Gasteiger partial charge in [-0.15, -0.1) is 0 Å². The lowest BCUT2D eigenvalue weighted by atomic mass is 10.1. The minimum atomic E-state index is 0.431. The number of likely N-dealkylation sites (N-methyl/N-ethyl adjacent to an activating group) is 1. The van der Waals surface area contributed by atoms with E-state index in [2.05, 4.69) is 18.9 Å². The Hall–Kier alpha value is -0.0800. The molecule has 0 spiro atoms. The van der Waals surface area contributed by atoms with Crippen LogP contribution in [0.5, 0.6) is 0 Å². The van der Waals surface area contributed by atoms with Crippen LogP contribution >= 0.6 is 0 Å². The number of hydrogen-bond donors (Lipinski definition) is 1. The Bertz CT molecular complexity index is 82.9. The Morgan fingerprint density at radius 3 is 2.56 bits per heavy atom. The molecule has 2 atom stereocenters. The molecule has 0 amide bonds. The van der Waals surface area contributed by atoms with E-state index in [1.54, 1.807) is 0 Å². The highest BCUT2D eigenvalue weighted by molar-refractivity contribution is 4.86. The maximum Gasteiger partial charge on any atom is 0.0242 e. The predicted molar refractivity (Wildman–Crippen MR) is 39.3 cm³/mol. The summed E-state index contributed by atoms with van der Waals surface area (Å²) in [6.07, 6.45) is 2.37. The summed E-state index contributed by atoms with van der Waals surface area (Å²) in [5.41, 5.74) is 5.84.